The van der Waals surface area contributed by atoms with Crippen molar-refractivity contribution in [2.24, 2.45) is 5.73 Å². The molecule has 4 nitrogen and oxygen atoms in total. The van der Waals surface area contributed by atoms with Gasteiger partial charge in [0.2, 0.25) is 0 Å². The van der Waals surface area contributed by atoms with Crippen molar-refractivity contribution in [3.05, 3.63) is 23.7 Å². The van der Waals surface area contributed by atoms with Crippen molar-refractivity contribution in [2.45, 2.75) is 25.2 Å². The van der Waals surface area contributed by atoms with Crippen LogP contribution in [0.15, 0.2) is 12.3 Å². The Bertz CT molecular complexity index is 510. The molecule has 1 fully saturated rings. The van der Waals surface area contributed by atoms with Crippen LogP contribution in [0.25, 0.3) is 11.2 Å². The number of fused-ring (bicyclic) bond motifs is 1. The lowest BCUT2D eigenvalue weighted by Gasteiger charge is -2.06. The predicted molar refractivity (Wildman–Crippen MR) is 58.6 cm³/mol. The highest BCUT2D eigenvalue weighted by Gasteiger charge is 2.45. The van der Waals surface area contributed by atoms with Gasteiger partial charge in [-0.05, 0) is 31.4 Å². The number of nitrogens with one attached hydrogen (secondary N) is 1. The van der Waals surface area contributed by atoms with Crippen molar-refractivity contribution in [3.63, 3.8) is 0 Å². The van der Waals surface area contributed by atoms with Gasteiger partial charge in [0.1, 0.15) is 5.82 Å². The number of aromatic amines is 1. The Balaban J connectivity index is 2.14. The highest BCUT2D eigenvalue weighted by atomic mass is 15.0. The topological polar surface area (TPSA) is 67.6 Å². The molecule has 2 aromatic heterocycles. The zero-order chi connectivity index (χ0) is 10.5. The third-order valence-corrected chi connectivity index (χ3v) is 3.22. The lowest BCUT2D eigenvalue weighted by molar-refractivity contribution is 0.661. The summed E-state index contributed by atoms with van der Waals surface area (Å²) in [5, 5.41) is 0. The number of imidazole rings is 1. The summed E-state index contributed by atoms with van der Waals surface area (Å²) in [7, 11) is 0. The van der Waals surface area contributed by atoms with E-state index < -0.39 is 0 Å². The number of aryl methyl sites for hydroxylation is 1. The second-order valence-electron chi connectivity index (χ2n) is 4.45. The van der Waals surface area contributed by atoms with E-state index in [9.17, 15) is 0 Å². The van der Waals surface area contributed by atoms with Crippen molar-refractivity contribution in [1.82, 2.24) is 15.0 Å². The quantitative estimate of drug-likeness (QED) is 0.770. The van der Waals surface area contributed by atoms with E-state index >= 15 is 0 Å². The van der Waals surface area contributed by atoms with E-state index in [1.807, 2.05) is 13.1 Å². The summed E-state index contributed by atoms with van der Waals surface area (Å²) in [5.74, 6) is 1.01. The minimum atomic E-state index is 0.120. The normalized spacial score (nSPS) is 18.3. The summed E-state index contributed by atoms with van der Waals surface area (Å²) in [6.07, 6.45) is 4.12. The second kappa shape index (κ2) is 2.79. The van der Waals surface area contributed by atoms with E-state index in [2.05, 4.69) is 21.0 Å². The largest absolute Gasteiger partial charge is 0.340 e. The smallest absolute Gasteiger partial charge is 0.177 e. The zero-order valence-corrected chi connectivity index (χ0v) is 8.75. The third kappa shape index (κ3) is 1.25. The van der Waals surface area contributed by atoms with E-state index in [0.717, 1.165) is 35.4 Å². The Morgan fingerprint density at radius 2 is 2.33 bits per heavy atom. The number of nitrogens with zero attached hydrogens (tertiary/aromatic N) is 2. The minimum absolute atomic E-state index is 0.120. The maximum absolute atomic E-state index is 5.77. The van der Waals surface area contributed by atoms with Crippen molar-refractivity contribution in [1.29, 1.82) is 0 Å². The van der Waals surface area contributed by atoms with Crippen molar-refractivity contribution >= 4 is 11.2 Å². The zero-order valence-electron chi connectivity index (χ0n) is 8.75. The molecular weight excluding hydrogens is 188 g/mol. The van der Waals surface area contributed by atoms with Gasteiger partial charge in [-0.2, -0.15) is 0 Å². The monoisotopic (exact) mass is 202 g/mol. The standard InChI is InChI=1S/C11H14N4/c1-7-4-8-9(13-5-7)15-10(14-8)11(6-12)2-3-11/h4-5H,2-3,6,12H2,1H3,(H,13,14,15). The molecule has 0 aromatic carbocycles. The van der Waals surface area contributed by atoms with E-state index in [-0.39, 0.29) is 5.41 Å². The average molecular weight is 202 g/mol. The molecule has 2 heterocycles. The van der Waals surface area contributed by atoms with E-state index in [0.29, 0.717) is 6.54 Å². The SMILES string of the molecule is Cc1cnc2nc(C3(CN)CC3)[nH]c2c1. The van der Waals surface area contributed by atoms with Gasteiger partial charge < -0.3 is 10.7 Å². The van der Waals surface area contributed by atoms with Gasteiger partial charge in [0.05, 0.1) is 5.52 Å². The summed E-state index contributed by atoms with van der Waals surface area (Å²) >= 11 is 0. The number of rotatable bonds is 2. The van der Waals surface area contributed by atoms with Gasteiger partial charge in [0.25, 0.3) is 0 Å². The molecule has 0 amide bonds. The van der Waals surface area contributed by atoms with Crippen LogP contribution in [0.5, 0.6) is 0 Å². The van der Waals surface area contributed by atoms with Gasteiger partial charge in [-0.25, -0.2) is 9.97 Å². The molecule has 1 saturated carbocycles. The molecule has 0 atom stereocenters. The Morgan fingerprint density at radius 1 is 1.53 bits per heavy atom. The molecule has 0 bridgehead atoms. The maximum Gasteiger partial charge on any atom is 0.177 e. The highest BCUT2D eigenvalue weighted by Crippen LogP contribution is 2.46. The summed E-state index contributed by atoms with van der Waals surface area (Å²) in [4.78, 5) is 12.1. The van der Waals surface area contributed by atoms with Crippen LogP contribution in [0.3, 0.4) is 0 Å². The van der Waals surface area contributed by atoms with Crippen LogP contribution in [0.1, 0.15) is 24.2 Å². The Labute approximate surface area is 87.9 Å². The van der Waals surface area contributed by atoms with Gasteiger partial charge in [0.15, 0.2) is 5.65 Å². The van der Waals surface area contributed by atoms with Crippen molar-refractivity contribution < 1.29 is 0 Å². The van der Waals surface area contributed by atoms with Crippen LogP contribution in [0, 0.1) is 6.92 Å². The lowest BCUT2D eigenvalue weighted by Crippen LogP contribution is -2.21. The van der Waals surface area contributed by atoms with E-state index in [4.69, 9.17) is 5.73 Å². The van der Waals surface area contributed by atoms with Gasteiger partial charge in [0, 0.05) is 18.2 Å². The summed E-state index contributed by atoms with van der Waals surface area (Å²) in [5.41, 5.74) is 8.86. The second-order valence-corrected chi connectivity index (χ2v) is 4.45. The van der Waals surface area contributed by atoms with Gasteiger partial charge in [-0.1, -0.05) is 0 Å². The maximum atomic E-state index is 5.77. The number of hydrogen-bond donors (Lipinski definition) is 2. The fraction of sp³-hybridized carbons (Fsp3) is 0.455. The van der Waals surface area contributed by atoms with Crippen molar-refractivity contribution in [3.8, 4) is 0 Å². The predicted octanol–water partition coefficient (Wildman–Crippen LogP) is 1.26. The van der Waals surface area contributed by atoms with Crippen LogP contribution < -0.4 is 5.73 Å². The van der Waals surface area contributed by atoms with E-state index in [1.165, 1.54) is 0 Å². The number of hydrogen-bond acceptors (Lipinski definition) is 3. The molecular formula is C11H14N4. The fourth-order valence-electron chi connectivity index (χ4n) is 1.94. The summed E-state index contributed by atoms with van der Waals surface area (Å²) in [6.45, 7) is 2.70. The van der Waals surface area contributed by atoms with Crippen LogP contribution in [-0.4, -0.2) is 21.5 Å². The molecule has 3 rings (SSSR count). The van der Waals surface area contributed by atoms with Crippen molar-refractivity contribution in [2.75, 3.05) is 6.54 Å². The lowest BCUT2D eigenvalue weighted by atomic mass is 10.1. The number of pyridine rings is 1. The molecule has 0 saturated heterocycles. The molecule has 0 aliphatic heterocycles. The molecule has 15 heavy (non-hydrogen) atoms. The van der Waals surface area contributed by atoms with Gasteiger partial charge >= 0.3 is 0 Å². The molecule has 78 valence electrons. The summed E-state index contributed by atoms with van der Waals surface area (Å²) < 4.78 is 0. The molecule has 1 aliphatic rings. The first-order valence-corrected chi connectivity index (χ1v) is 5.26. The highest BCUT2D eigenvalue weighted by molar-refractivity contribution is 5.71. The van der Waals surface area contributed by atoms with Crippen LogP contribution in [0.2, 0.25) is 0 Å². The minimum Gasteiger partial charge on any atom is -0.340 e. The Morgan fingerprint density at radius 3 is 3.00 bits per heavy atom. The first-order valence-electron chi connectivity index (χ1n) is 5.26. The molecule has 0 spiro atoms. The molecule has 1 aliphatic carbocycles. The third-order valence-electron chi connectivity index (χ3n) is 3.22. The molecule has 2 aromatic rings. The summed E-state index contributed by atoms with van der Waals surface area (Å²) in [6, 6.07) is 2.07. The Kier molecular flexibility index (Phi) is 1.65. The average Bonchev–Trinajstić information content (AvgIpc) is 2.93. The molecule has 0 unspecified atom stereocenters. The van der Waals surface area contributed by atoms with Gasteiger partial charge in [-0.3, -0.25) is 0 Å². The van der Waals surface area contributed by atoms with Crippen LogP contribution in [0.4, 0.5) is 0 Å². The number of aromatic nitrogens is 3. The van der Waals surface area contributed by atoms with Gasteiger partial charge in [-0.15, -0.1) is 0 Å². The first kappa shape index (κ1) is 8.85. The van der Waals surface area contributed by atoms with Crippen LogP contribution >= 0.6 is 0 Å². The Hall–Kier alpha value is -1.42. The molecule has 0 radical (unpaired) electrons. The van der Waals surface area contributed by atoms with E-state index in [1.54, 1.807) is 0 Å². The fourth-order valence-corrected chi connectivity index (χ4v) is 1.94. The number of nitrogens with two attached hydrogens (primary N) is 1. The molecule has 3 N–H and O–H groups in total. The van der Waals surface area contributed by atoms with Crippen LogP contribution in [-0.2, 0) is 5.41 Å². The number of H-pyrrole nitrogens is 1. The first-order chi connectivity index (χ1) is 7.23. The molecule has 4 heteroatoms.